The molecule has 0 amide bonds. The number of aryl methyl sites for hydroxylation is 2. The maximum Gasteiger partial charge on any atom is 0.0725 e. The minimum absolute atomic E-state index is 0.872. The zero-order valence-corrected chi connectivity index (χ0v) is 22.8. The monoisotopic (exact) mass is 493 g/mol. The van der Waals surface area contributed by atoms with Gasteiger partial charge in [-0.2, -0.15) is 0 Å². The van der Waals surface area contributed by atoms with E-state index in [1.807, 2.05) is 6.20 Å². The number of hydrogen-bond acceptors (Lipinski definition) is 3. The third-order valence-corrected chi connectivity index (χ3v) is 7.32. The minimum atomic E-state index is 0.872. The van der Waals surface area contributed by atoms with E-state index >= 15 is 0 Å². The molecule has 0 saturated heterocycles. The van der Waals surface area contributed by atoms with Crippen molar-refractivity contribution >= 4 is 22.2 Å². The SMILES string of the molecule is C=C1C=C(CC(=C)NCCCCCCCCNc2ccnc3cc(C)ccc23)c2ccc(CC)cc2C1. The molecule has 37 heavy (non-hydrogen) atoms. The van der Waals surface area contributed by atoms with Crippen LogP contribution in [-0.4, -0.2) is 18.1 Å². The first kappa shape index (κ1) is 26.7. The van der Waals surface area contributed by atoms with E-state index in [0.29, 0.717) is 0 Å². The lowest BCUT2D eigenvalue weighted by Crippen LogP contribution is -2.15. The number of aromatic nitrogens is 1. The summed E-state index contributed by atoms with van der Waals surface area (Å²) in [5.74, 6) is 0. The third kappa shape index (κ3) is 7.58. The zero-order chi connectivity index (χ0) is 26.0. The summed E-state index contributed by atoms with van der Waals surface area (Å²) in [7, 11) is 0. The molecule has 1 aliphatic carbocycles. The topological polar surface area (TPSA) is 37.0 Å². The van der Waals surface area contributed by atoms with Crippen molar-refractivity contribution in [2.24, 2.45) is 0 Å². The van der Waals surface area contributed by atoms with Crippen LogP contribution in [-0.2, 0) is 12.8 Å². The van der Waals surface area contributed by atoms with Gasteiger partial charge in [0.1, 0.15) is 0 Å². The summed E-state index contributed by atoms with van der Waals surface area (Å²) in [6.45, 7) is 14.9. The van der Waals surface area contributed by atoms with Crippen LogP contribution in [0.25, 0.3) is 16.5 Å². The predicted molar refractivity (Wildman–Crippen MR) is 161 cm³/mol. The van der Waals surface area contributed by atoms with Crippen LogP contribution in [0, 0.1) is 6.92 Å². The number of pyridine rings is 1. The highest BCUT2D eigenvalue weighted by molar-refractivity contribution is 5.91. The lowest BCUT2D eigenvalue weighted by Gasteiger charge is -2.21. The van der Waals surface area contributed by atoms with Crippen LogP contribution in [0.2, 0.25) is 0 Å². The third-order valence-electron chi connectivity index (χ3n) is 7.32. The summed E-state index contributed by atoms with van der Waals surface area (Å²) in [6, 6.07) is 15.5. The number of rotatable bonds is 14. The molecule has 2 N–H and O–H groups in total. The van der Waals surface area contributed by atoms with Crippen LogP contribution < -0.4 is 10.6 Å². The zero-order valence-electron chi connectivity index (χ0n) is 22.8. The number of hydrogen-bond donors (Lipinski definition) is 2. The van der Waals surface area contributed by atoms with Gasteiger partial charge in [-0.05, 0) is 72.6 Å². The van der Waals surface area contributed by atoms with Crippen LogP contribution in [0.4, 0.5) is 5.69 Å². The van der Waals surface area contributed by atoms with Gasteiger partial charge in [0.05, 0.1) is 5.52 Å². The molecule has 0 fully saturated rings. The Hall–Kier alpha value is -3.33. The first-order chi connectivity index (χ1) is 18.0. The van der Waals surface area contributed by atoms with Crippen molar-refractivity contribution in [1.82, 2.24) is 10.3 Å². The number of fused-ring (bicyclic) bond motifs is 2. The fourth-order valence-electron chi connectivity index (χ4n) is 5.24. The van der Waals surface area contributed by atoms with Crippen molar-refractivity contribution in [3.8, 4) is 0 Å². The van der Waals surface area contributed by atoms with E-state index in [1.165, 1.54) is 83.0 Å². The lowest BCUT2D eigenvalue weighted by atomic mass is 9.85. The molecule has 0 bridgehead atoms. The second-order valence-corrected chi connectivity index (χ2v) is 10.5. The van der Waals surface area contributed by atoms with E-state index in [1.54, 1.807) is 0 Å². The summed E-state index contributed by atoms with van der Waals surface area (Å²) < 4.78 is 0. The fraction of sp³-hybridized carbons (Fsp3) is 0.382. The summed E-state index contributed by atoms with van der Waals surface area (Å²) in [5, 5.41) is 8.38. The quantitative estimate of drug-likeness (QED) is 0.221. The van der Waals surface area contributed by atoms with E-state index in [-0.39, 0.29) is 0 Å². The number of allylic oxidation sites excluding steroid dienone is 3. The highest BCUT2D eigenvalue weighted by atomic mass is 14.9. The molecule has 3 nitrogen and oxygen atoms in total. The van der Waals surface area contributed by atoms with E-state index in [2.05, 4.69) is 91.2 Å². The summed E-state index contributed by atoms with van der Waals surface area (Å²) >= 11 is 0. The smallest absolute Gasteiger partial charge is 0.0725 e. The van der Waals surface area contributed by atoms with Crippen LogP contribution in [0.3, 0.4) is 0 Å². The van der Waals surface area contributed by atoms with Crippen molar-refractivity contribution in [1.29, 1.82) is 0 Å². The molecule has 194 valence electrons. The van der Waals surface area contributed by atoms with E-state index in [9.17, 15) is 0 Å². The fourth-order valence-corrected chi connectivity index (χ4v) is 5.24. The van der Waals surface area contributed by atoms with E-state index in [4.69, 9.17) is 0 Å². The van der Waals surface area contributed by atoms with Gasteiger partial charge >= 0.3 is 0 Å². The van der Waals surface area contributed by atoms with Gasteiger partial charge in [0.15, 0.2) is 0 Å². The Morgan fingerprint density at radius 2 is 1.73 bits per heavy atom. The van der Waals surface area contributed by atoms with Crippen LogP contribution >= 0.6 is 0 Å². The molecule has 4 rings (SSSR count). The van der Waals surface area contributed by atoms with Crippen molar-refractivity contribution in [3.63, 3.8) is 0 Å². The Morgan fingerprint density at radius 1 is 0.946 bits per heavy atom. The van der Waals surface area contributed by atoms with Gasteiger partial charge in [-0.15, -0.1) is 0 Å². The Balaban J connectivity index is 1.08. The number of unbranched alkanes of at least 4 members (excludes halogenated alkanes) is 5. The molecule has 1 aromatic heterocycles. The first-order valence-corrected chi connectivity index (χ1v) is 14.0. The Kier molecular flexibility index (Phi) is 9.59. The van der Waals surface area contributed by atoms with Crippen molar-refractivity contribution < 1.29 is 0 Å². The molecule has 1 heterocycles. The number of nitrogens with one attached hydrogen (secondary N) is 2. The maximum absolute atomic E-state index is 4.50. The van der Waals surface area contributed by atoms with E-state index < -0.39 is 0 Å². The lowest BCUT2D eigenvalue weighted by molar-refractivity contribution is 0.587. The number of anilines is 1. The van der Waals surface area contributed by atoms with Crippen molar-refractivity contribution in [2.45, 2.75) is 71.6 Å². The molecule has 0 atom stereocenters. The average molecular weight is 494 g/mol. The molecular weight excluding hydrogens is 450 g/mol. The van der Waals surface area contributed by atoms with Crippen molar-refractivity contribution in [3.05, 3.63) is 101 Å². The summed E-state index contributed by atoms with van der Waals surface area (Å²) in [6.07, 6.45) is 14.6. The Labute approximate surface area is 223 Å². The van der Waals surface area contributed by atoms with Gasteiger partial charge in [0.25, 0.3) is 0 Å². The standard InChI is InChI=1S/C34H43N3/c1-5-28-13-15-31-29(20-26(3)21-30(31)24-28)23-27(4)35-17-10-8-6-7-9-11-18-36-33-16-19-37-34-22-25(2)12-14-32(33)34/h12-16,19-20,22,24,35H,3-11,17-18,21,23H2,1-2H3,(H,36,37). The largest absolute Gasteiger partial charge is 0.389 e. The van der Waals surface area contributed by atoms with Gasteiger partial charge < -0.3 is 10.6 Å². The average Bonchev–Trinajstić information content (AvgIpc) is 2.89. The Morgan fingerprint density at radius 3 is 2.54 bits per heavy atom. The molecule has 2 aromatic carbocycles. The van der Waals surface area contributed by atoms with Gasteiger partial charge in [-0.1, -0.05) is 87.7 Å². The summed E-state index contributed by atoms with van der Waals surface area (Å²) in [5.41, 5.74) is 11.3. The molecule has 0 spiro atoms. The maximum atomic E-state index is 4.50. The van der Waals surface area contributed by atoms with Crippen LogP contribution in [0.15, 0.2) is 79.2 Å². The molecule has 0 saturated carbocycles. The number of nitrogens with zero attached hydrogens (tertiary/aromatic N) is 1. The molecule has 3 aromatic rings. The first-order valence-electron chi connectivity index (χ1n) is 14.0. The Bertz CT molecular complexity index is 1270. The molecule has 0 aliphatic heterocycles. The molecule has 3 heteroatoms. The van der Waals surface area contributed by atoms with Gasteiger partial charge in [0, 0.05) is 42.5 Å². The van der Waals surface area contributed by atoms with Gasteiger partial charge in [0.2, 0.25) is 0 Å². The highest BCUT2D eigenvalue weighted by Crippen LogP contribution is 2.32. The van der Waals surface area contributed by atoms with Gasteiger partial charge in [-0.3, -0.25) is 4.98 Å². The predicted octanol–water partition coefficient (Wildman–Crippen LogP) is 8.55. The second kappa shape index (κ2) is 13.3. The molecule has 0 unspecified atom stereocenters. The summed E-state index contributed by atoms with van der Waals surface area (Å²) in [4.78, 5) is 4.50. The van der Waals surface area contributed by atoms with Crippen LogP contribution in [0.5, 0.6) is 0 Å². The molecule has 1 aliphatic rings. The minimum Gasteiger partial charge on any atom is -0.389 e. The normalized spacial score (nSPS) is 12.8. The number of benzene rings is 2. The van der Waals surface area contributed by atoms with Gasteiger partial charge in [-0.25, -0.2) is 0 Å². The molecule has 0 radical (unpaired) electrons. The second-order valence-electron chi connectivity index (χ2n) is 10.5. The highest BCUT2D eigenvalue weighted by Gasteiger charge is 2.15. The van der Waals surface area contributed by atoms with Crippen molar-refractivity contribution in [2.75, 3.05) is 18.4 Å². The molecular formula is C34H43N3. The van der Waals surface area contributed by atoms with E-state index in [0.717, 1.165) is 43.6 Å². The van der Waals surface area contributed by atoms with Crippen LogP contribution in [0.1, 0.15) is 74.1 Å².